The highest BCUT2D eigenvalue weighted by atomic mass is 16.2. The molecule has 120 valence electrons. The fourth-order valence-corrected chi connectivity index (χ4v) is 3.06. The monoisotopic (exact) mass is 318 g/mol. The SMILES string of the molecule is O=C(c1cc2ccccc2nn1)N1CCN(c2ccccc2)CC1. The lowest BCUT2D eigenvalue weighted by atomic mass is 10.2. The number of aromatic nitrogens is 2. The van der Waals surface area contributed by atoms with Gasteiger partial charge in [0, 0.05) is 37.3 Å². The molecule has 0 atom stereocenters. The largest absolute Gasteiger partial charge is 0.368 e. The van der Waals surface area contributed by atoms with Crippen LogP contribution in [0.15, 0.2) is 60.7 Å². The lowest BCUT2D eigenvalue weighted by Gasteiger charge is -2.35. The van der Waals surface area contributed by atoms with Crippen LogP contribution in [0.3, 0.4) is 0 Å². The topological polar surface area (TPSA) is 49.3 Å². The minimum absolute atomic E-state index is 0.0408. The standard InChI is InChI=1S/C19H18N4O/c24-19(18-14-15-6-4-5-9-17(15)20-21-18)23-12-10-22(11-13-23)16-7-2-1-3-8-16/h1-9,14H,10-13H2. The summed E-state index contributed by atoms with van der Waals surface area (Å²) in [5.41, 5.74) is 2.43. The van der Waals surface area contributed by atoms with Gasteiger partial charge in [0.15, 0.2) is 5.69 Å². The predicted molar refractivity (Wildman–Crippen MR) is 94.1 cm³/mol. The van der Waals surface area contributed by atoms with Crippen LogP contribution in [-0.4, -0.2) is 47.2 Å². The van der Waals surface area contributed by atoms with Crippen LogP contribution in [0.2, 0.25) is 0 Å². The number of nitrogens with zero attached hydrogens (tertiary/aromatic N) is 4. The summed E-state index contributed by atoms with van der Waals surface area (Å²) in [5, 5.41) is 9.20. The molecule has 1 fully saturated rings. The molecule has 0 saturated carbocycles. The number of para-hydroxylation sites is 1. The van der Waals surface area contributed by atoms with Crippen LogP contribution in [0.5, 0.6) is 0 Å². The highest BCUT2D eigenvalue weighted by molar-refractivity contribution is 5.95. The van der Waals surface area contributed by atoms with Crippen molar-refractivity contribution in [2.75, 3.05) is 31.1 Å². The minimum Gasteiger partial charge on any atom is -0.368 e. The van der Waals surface area contributed by atoms with E-state index in [4.69, 9.17) is 0 Å². The molecular weight excluding hydrogens is 300 g/mol. The Morgan fingerprint density at radius 1 is 0.833 bits per heavy atom. The average Bonchev–Trinajstić information content (AvgIpc) is 2.68. The summed E-state index contributed by atoms with van der Waals surface area (Å²) >= 11 is 0. The van der Waals surface area contributed by atoms with Crippen LogP contribution in [0.4, 0.5) is 5.69 Å². The summed E-state index contributed by atoms with van der Waals surface area (Å²) in [7, 11) is 0. The second kappa shape index (κ2) is 6.28. The number of hydrogen-bond donors (Lipinski definition) is 0. The van der Waals surface area contributed by atoms with E-state index in [0.717, 1.165) is 24.0 Å². The number of rotatable bonds is 2. The summed E-state index contributed by atoms with van der Waals surface area (Å²) in [6, 6.07) is 19.8. The van der Waals surface area contributed by atoms with E-state index >= 15 is 0 Å². The van der Waals surface area contributed by atoms with Crippen LogP contribution in [0.1, 0.15) is 10.5 Å². The van der Waals surface area contributed by atoms with Gasteiger partial charge >= 0.3 is 0 Å². The number of hydrogen-bond acceptors (Lipinski definition) is 4. The molecule has 1 aliphatic rings. The maximum Gasteiger partial charge on any atom is 0.274 e. The van der Waals surface area contributed by atoms with Crippen LogP contribution in [0, 0.1) is 0 Å². The molecule has 0 radical (unpaired) electrons. The molecule has 2 aromatic carbocycles. The lowest BCUT2D eigenvalue weighted by Crippen LogP contribution is -2.49. The third kappa shape index (κ3) is 2.80. The number of carbonyl (C=O) groups is 1. The Kier molecular flexibility index (Phi) is 3.83. The molecule has 1 saturated heterocycles. The molecule has 1 aliphatic heterocycles. The third-order valence-electron chi connectivity index (χ3n) is 4.40. The highest BCUT2D eigenvalue weighted by Crippen LogP contribution is 2.17. The van der Waals surface area contributed by atoms with E-state index in [9.17, 15) is 4.79 Å². The van der Waals surface area contributed by atoms with Gasteiger partial charge in [-0.1, -0.05) is 36.4 Å². The normalized spacial score (nSPS) is 14.8. The van der Waals surface area contributed by atoms with Gasteiger partial charge in [-0.2, -0.15) is 0 Å². The van der Waals surface area contributed by atoms with E-state index < -0.39 is 0 Å². The maximum atomic E-state index is 12.7. The van der Waals surface area contributed by atoms with E-state index in [1.54, 1.807) is 0 Å². The van der Waals surface area contributed by atoms with Gasteiger partial charge < -0.3 is 9.80 Å². The first-order chi connectivity index (χ1) is 11.8. The second-order valence-electron chi connectivity index (χ2n) is 5.90. The van der Waals surface area contributed by atoms with Gasteiger partial charge in [-0.3, -0.25) is 4.79 Å². The van der Waals surface area contributed by atoms with Crippen LogP contribution in [0.25, 0.3) is 10.9 Å². The zero-order valence-electron chi connectivity index (χ0n) is 13.3. The zero-order valence-corrected chi connectivity index (χ0v) is 13.3. The molecule has 1 aromatic heterocycles. The van der Waals surface area contributed by atoms with Gasteiger partial charge in [-0.15, -0.1) is 10.2 Å². The van der Waals surface area contributed by atoms with Crippen molar-refractivity contribution in [2.24, 2.45) is 0 Å². The Morgan fingerprint density at radius 2 is 1.54 bits per heavy atom. The van der Waals surface area contributed by atoms with Gasteiger partial charge in [-0.25, -0.2) is 0 Å². The summed E-state index contributed by atoms with van der Waals surface area (Å²) in [5.74, 6) is -0.0408. The van der Waals surface area contributed by atoms with Crippen molar-refractivity contribution in [1.29, 1.82) is 0 Å². The Balaban J connectivity index is 1.47. The van der Waals surface area contributed by atoms with Gasteiger partial charge in [0.2, 0.25) is 0 Å². The van der Waals surface area contributed by atoms with Crippen molar-refractivity contribution >= 4 is 22.5 Å². The van der Waals surface area contributed by atoms with E-state index in [0.29, 0.717) is 18.8 Å². The molecule has 24 heavy (non-hydrogen) atoms. The van der Waals surface area contributed by atoms with Crippen molar-refractivity contribution in [3.8, 4) is 0 Å². The molecule has 5 nitrogen and oxygen atoms in total. The van der Waals surface area contributed by atoms with E-state index in [1.165, 1.54) is 5.69 Å². The van der Waals surface area contributed by atoms with Crippen LogP contribution in [-0.2, 0) is 0 Å². The zero-order chi connectivity index (χ0) is 16.4. The molecular formula is C19H18N4O. The summed E-state index contributed by atoms with van der Waals surface area (Å²) in [4.78, 5) is 16.9. The number of piperazine rings is 1. The summed E-state index contributed by atoms with van der Waals surface area (Å²) < 4.78 is 0. The molecule has 5 heteroatoms. The first-order valence-electron chi connectivity index (χ1n) is 8.13. The van der Waals surface area contributed by atoms with Crippen molar-refractivity contribution in [1.82, 2.24) is 15.1 Å². The van der Waals surface area contributed by atoms with Crippen molar-refractivity contribution in [2.45, 2.75) is 0 Å². The molecule has 2 heterocycles. The summed E-state index contributed by atoms with van der Waals surface area (Å²) in [6.45, 7) is 3.05. The molecule has 4 rings (SSSR count). The fourth-order valence-electron chi connectivity index (χ4n) is 3.06. The first kappa shape index (κ1) is 14.6. The van der Waals surface area contributed by atoms with Gasteiger partial charge in [0.25, 0.3) is 5.91 Å². The quantitative estimate of drug-likeness (QED) is 0.729. The second-order valence-corrected chi connectivity index (χ2v) is 5.90. The number of fused-ring (bicyclic) bond motifs is 1. The number of anilines is 1. The Bertz CT molecular complexity index is 857. The number of amides is 1. The van der Waals surface area contributed by atoms with E-state index in [2.05, 4.69) is 27.2 Å². The maximum absolute atomic E-state index is 12.7. The third-order valence-corrected chi connectivity index (χ3v) is 4.40. The van der Waals surface area contributed by atoms with Gasteiger partial charge in [-0.05, 0) is 24.3 Å². The Labute approximate surface area is 140 Å². The van der Waals surface area contributed by atoms with E-state index in [-0.39, 0.29) is 5.91 Å². The van der Waals surface area contributed by atoms with Crippen molar-refractivity contribution in [3.63, 3.8) is 0 Å². The Hall–Kier alpha value is -2.95. The average molecular weight is 318 g/mol. The molecule has 0 aliphatic carbocycles. The minimum atomic E-state index is -0.0408. The van der Waals surface area contributed by atoms with Crippen LogP contribution < -0.4 is 4.90 Å². The van der Waals surface area contributed by atoms with E-state index in [1.807, 2.05) is 53.4 Å². The number of carbonyl (C=O) groups excluding carboxylic acids is 1. The van der Waals surface area contributed by atoms with Crippen molar-refractivity contribution in [3.05, 3.63) is 66.4 Å². The van der Waals surface area contributed by atoms with Gasteiger partial charge in [0.1, 0.15) is 0 Å². The van der Waals surface area contributed by atoms with Crippen LogP contribution >= 0.6 is 0 Å². The predicted octanol–water partition coefficient (Wildman–Crippen LogP) is 2.59. The molecule has 0 N–H and O–H groups in total. The van der Waals surface area contributed by atoms with Gasteiger partial charge in [0.05, 0.1) is 5.52 Å². The number of benzene rings is 2. The molecule has 1 amide bonds. The molecule has 0 spiro atoms. The summed E-state index contributed by atoms with van der Waals surface area (Å²) in [6.07, 6.45) is 0. The fraction of sp³-hybridized carbons (Fsp3) is 0.211. The molecule has 0 bridgehead atoms. The first-order valence-corrected chi connectivity index (χ1v) is 8.13. The molecule has 0 unspecified atom stereocenters. The Morgan fingerprint density at radius 3 is 2.33 bits per heavy atom. The highest BCUT2D eigenvalue weighted by Gasteiger charge is 2.23. The molecule has 3 aromatic rings. The van der Waals surface area contributed by atoms with Crippen molar-refractivity contribution < 1.29 is 4.79 Å². The lowest BCUT2D eigenvalue weighted by molar-refractivity contribution is 0.0740. The smallest absolute Gasteiger partial charge is 0.274 e.